The normalized spacial score (nSPS) is 21.4. The van der Waals surface area contributed by atoms with E-state index in [1.807, 2.05) is 24.3 Å². The number of benzene rings is 2. The molecule has 3 amide bonds. The molecule has 16 heteroatoms. The van der Waals surface area contributed by atoms with Gasteiger partial charge < -0.3 is 14.5 Å². The molecule has 4 heterocycles. The average molecular weight is 736 g/mol. The molecule has 3 aliphatic heterocycles. The summed E-state index contributed by atoms with van der Waals surface area (Å²) in [5.41, 5.74) is -2.26. The molecule has 1 N–H and O–H groups in total. The summed E-state index contributed by atoms with van der Waals surface area (Å²) in [7, 11) is 0. The summed E-state index contributed by atoms with van der Waals surface area (Å²) in [6.45, 7) is 1.30. The Balaban J connectivity index is 1.05. The van der Waals surface area contributed by atoms with Crippen molar-refractivity contribution in [3.8, 4) is 0 Å². The summed E-state index contributed by atoms with van der Waals surface area (Å²) >= 11 is 1.13. The van der Waals surface area contributed by atoms with Crippen LogP contribution in [0, 0.1) is 16.7 Å². The fourth-order valence-corrected chi connectivity index (χ4v) is 8.18. The van der Waals surface area contributed by atoms with Gasteiger partial charge in [-0.2, -0.15) is 31.4 Å². The molecule has 0 radical (unpaired) electrons. The van der Waals surface area contributed by atoms with E-state index in [1.165, 1.54) is 34.1 Å². The second-order valence-electron chi connectivity index (χ2n) is 14.0. The lowest BCUT2D eigenvalue weighted by Gasteiger charge is -2.51. The number of carbonyl (C=O) groups excluding carboxylic acids is 3. The Morgan fingerprint density at radius 3 is 2.27 bits per heavy atom. The van der Waals surface area contributed by atoms with Gasteiger partial charge in [0, 0.05) is 55.9 Å². The summed E-state index contributed by atoms with van der Waals surface area (Å²) in [6.07, 6.45) is -5.11. The highest BCUT2D eigenvalue weighted by molar-refractivity contribution is 7.98. The molecule has 1 saturated carbocycles. The van der Waals surface area contributed by atoms with E-state index in [0.717, 1.165) is 52.3 Å². The standard InChI is InChI=1S/C35H35F6N5O4S/c36-34(37,38)26-6-4-22(5-7-26)16-46-17-25(15-42-46)30(48)44-18-28(32(19-44)20-45(21-32)31(49)33(10-11-33)35(39,40)41)29(47)43-51-27-3-1-2-24(14-27)23-8-12-50-13-9-23/h1-7,14-15,17,23,28H,8-13,16,18-21H2,(H,43,47). The van der Waals surface area contributed by atoms with Crippen LogP contribution in [0.4, 0.5) is 26.3 Å². The maximum Gasteiger partial charge on any atom is 0.416 e. The molecule has 1 atom stereocenters. The van der Waals surface area contributed by atoms with Crippen LogP contribution in [0.15, 0.2) is 65.8 Å². The zero-order valence-electron chi connectivity index (χ0n) is 27.3. The number of ether oxygens (including phenoxy) is 1. The third-order valence-corrected chi connectivity index (χ3v) is 11.4. The third kappa shape index (κ3) is 6.96. The van der Waals surface area contributed by atoms with Gasteiger partial charge in [0.2, 0.25) is 11.8 Å². The molecule has 1 spiro atoms. The number of carbonyl (C=O) groups is 3. The maximum atomic E-state index is 13.8. The van der Waals surface area contributed by atoms with Gasteiger partial charge in [0.15, 0.2) is 0 Å². The summed E-state index contributed by atoms with van der Waals surface area (Å²) in [4.78, 5) is 44.0. The summed E-state index contributed by atoms with van der Waals surface area (Å²) in [5.74, 6) is -2.31. The van der Waals surface area contributed by atoms with Crippen molar-refractivity contribution in [3.05, 3.63) is 83.2 Å². The number of nitrogens with zero attached hydrogens (tertiary/aromatic N) is 4. The van der Waals surface area contributed by atoms with Gasteiger partial charge in [-0.3, -0.25) is 23.8 Å². The third-order valence-electron chi connectivity index (χ3n) is 10.6. The van der Waals surface area contributed by atoms with Gasteiger partial charge in [-0.25, -0.2) is 0 Å². The van der Waals surface area contributed by atoms with Crippen LogP contribution < -0.4 is 4.72 Å². The van der Waals surface area contributed by atoms with Crippen molar-refractivity contribution in [1.82, 2.24) is 24.3 Å². The minimum absolute atomic E-state index is 0.0239. The van der Waals surface area contributed by atoms with Crippen molar-refractivity contribution in [3.63, 3.8) is 0 Å². The molecule has 0 bridgehead atoms. The zero-order chi connectivity index (χ0) is 36.2. The van der Waals surface area contributed by atoms with Gasteiger partial charge in [-0.1, -0.05) is 24.3 Å². The molecule has 272 valence electrons. The first-order chi connectivity index (χ1) is 24.2. The predicted molar refractivity (Wildman–Crippen MR) is 172 cm³/mol. The highest BCUT2D eigenvalue weighted by atomic mass is 32.2. The zero-order valence-corrected chi connectivity index (χ0v) is 28.1. The largest absolute Gasteiger partial charge is 0.416 e. The number of amides is 3. The Kier molecular flexibility index (Phi) is 9.13. The molecule has 3 saturated heterocycles. The van der Waals surface area contributed by atoms with Gasteiger partial charge in [0.05, 0.1) is 29.8 Å². The van der Waals surface area contributed by atoms with Gasteiger partial charge in [-0.05, 0) is 78.9 Å². The number of nitrogens with one attached hydrogen (secondary N) is 1. The van der Waals surface area contributed by atoms with Crippen LogP contribution in [0.25, 0.3) is 0 Å². The van der Waals surface area contributed by atoms with Gasteiger partial charge >= 0.3 is 12.4 Å². The first-order valence-corrected chi connectivity index (χ1v) is 17.5. The topological polar surface area (TPSA) is 96.8 Å². The molecule has 1 aliphatic carbocycles. The second kappa shape index (κ2) is 13.2. The minimum Gasteiger partial charge on any atom is -0.381 e. The molecule has 7 rings (SSSR count). The monoisotopic (exact) mass is 735 g/mol. The SMILES string of the molecule is O=C(NSc1cccc(C2CCOCC2)c1)C1CN(C(=O)c2cnn(Cc3ccc(C(F)(F)F)cc3)c2)CC12CN(C(=O)C1(C(F)(F)F)CC1)C2. The second-order valence-corrected chi connectivity index (χ2v) is 14.9. The van der Waals surface area contributed by atoms with E-state index in [2.05, 4.69) is 9.82 Å². The number of halogens is 6. The lowest BCUT2D eigenvalue weighted by atomic mass is 9.70. The molecule has 1 unspecified atom stereocenters. The van der Waals surface area contributed by atoms with E-state index in [9.17, 15) is 40.7 Å². The lowest BCUT2D eigenvalue weighted by molar-refractivity contribution is -0.205. The summed E-state index contributed by atoms with van der Waals surface area (Å²) in [5, 5.41) is 4.19. The first-order valence-electron chi connectivity index (χ1n) is 16.7. The van der Waals surface area contributed by atoms with E-state index < -0.39 is 52.4 Å². The lowest BCUT2D eigenvalue weighted by Crippen LogP contribution is -2.65. The highest BCUT2D eigenvalue weighted by Crippen LogP contribution is 2.60. The van der Waals surface area contributed by atoms with E-state index in [4.69, 9.17) is 4.74 Å². The Morgan fingerprint density at radius 1 is 0.941 bits per heavy atom. The minimum atomic E-state index is -4.67. The smallest absolute Gasteiger partial charge is 0.381 e. The number of likely N-dealkylation sites (tertiary alicyclic amines) is 2. The maximum absolute atomic E-state index is 13.8. The van der Waals surface area contributed by atoms with Crippen LogP contribution in [-0.2, 0) is 27.0 Å². The molecule has 2 aromatic carbocycles. The molecular weight excluding hydrogens is 700 g/mol. The van der Waals surface area contributed by atoms with E-state index >= 15 is 0 Å². The van der Waals surface area contributed by atoms with Crippen LogP contribution in [0.5, 0.6) is 0 Å². The van der Waals surface area contributed by atoms with E-state index in [-0.39, 0.29) is 51.1 Å². The predicted octanol–water partition coefficient (Wildman–Crippen LogP) is 5.91. The van der Waals surface area contributed by atoms with Crippen LogP contribution >= 0.6 is 11.9 Å². The first kappa shape index (κ1) is 35.4. The van der Waals surface area contributed by atoms with E-state index in [1.54, 1.807) is 0 Å². The fraction of sp³-hybridized carbons (Fsp3) is 0.486. The van der Waals surface area contributed by atoms with E-state index in [0.29, 0.717) is 24.7 Å². The molecular formula is C35H35F6N5O4S. The molecule has 9 nitrogen and oxygen atoms in total. The summed E-state index contributed by atoms with van der Waals surface area (Å²) in [6, 6.07) is 12.4. The van der Waals surface area contributed by atoms with Gasteiger partial charge in [0.1, 0.15) is 5.41 Å². The number of hydrogen-bond acceptors (Lipinski definition) is 6. The van der Waals surface area contributed by atoms with Crippen molar-refractivity contribution >= 4 is 29.7 Å². The van der Waals surface area contributed by atoms with Crippen molar-refractivity contribution in [2.24, 2.45) is 16.7 Å². The fourth-order valence-electron chi connectivity index (χ4n) is 7.48. The molecule has 1 aromatic heterocycles. The Hall–Kier alpha value is -4.05. The molecule has 51 heavy (non-hydrogen) atoms. The van der Waals surface area contributed by atoms with Crippen molar-refractivity contribution in [2.75, 3.05) is 39.4 Å². The van der Waals surface area contributed by atoms with Gasteiger partial charge in [0.25, 0.3) is 5.91 Å². The van der Waals surface area contributed by atoms with Crippen molar-refractivity contribution in [2.45, 2.75) is 55.4 Å². The number of rotatable bonds is 8. The number of alkyl halides is 6. The summed E-state index contributed by atoms with van der Waals surface area (Å²) < 4.78 is 90.0. The van der Waals surface area contributed by atoms with Crippen molar-refractivity contribution < 1.29 is 45.5 Å². The van der Waals surface area contributed by atoms with Gasteiger partial charge in [-0.15, -0.1) is 0 Å². The van der Waals surface area contributed by atoms with Crippen LogP contribution in [0.2, 0.25) is 0 Å². The average Bonchev–Trinajstić information content (AvgIpc) is 3.64. The number of hydrogen-bond donors (Lipinski definition) is 1. The Labute approximate surface area is 293 Å². The molecule has 4 fully saturated rings. The van der Waals surface area contributed by atoms with Crippen LogP contribution in [-0.4, -0.2) is 82.9 Å². The van der Waals surface area contributed by atoms with Crippen LogP contribution in [0.1, 0.15) is 58.6 Å². The van der Waals surface area contributed by atoms with Crippen molar-refractivity contribution in [1.29, 1.82) is 0 Å². The quantitative estimate of drug-likeness (QED) is 0.229. The highest BCUT2D eigenvalue weighted by Gasteiger charge is 2.71. The molecule has 3 aromatic rings. The molecule has 4 aliphatic rings. The van der Waals surface area contributed by atoms with Crippen LogP contribution in [0.3, 0.4) is 0 Å². The number of aromatic nitrogens is 2. The Morgan fingerprint density at radius 2 is 1.63 bits per heavy atom. The Bertz CT molecular complexity index is 1800.